The van der Waals surface area contributed by atoms with Crippen LogP contribution in [0.3, 0.4) is 0 Å². The number of alkyl halides is 2. The summed E-state index contributed by atoms with van der Waals surface area (Å²) in [6, 6.07) is 0. The molecule has 0 bridgehead atoms. The van der Waals surface area contributed by atoms with Crippen molar-refractivity contribution in [2.75, 3.05) is 0 Å². The molecule has 0 saturated carbocycles. The topological polar surface area (TPSA) is 0 Å². The van der Waals surface area contributed by atoms with Gasteiger partial charge in [0.1, 0.15) is 0 Å². The van der Waals surface area contributed by atoms with E-state index in [4.69, 9.17) is 0 Å². The molecule has 0 aliphatic heterocycles. The maximum atomic E-state index is 12.5. The van der Waals surface area contributed by atoms with Crippen LogP contribution in [0.15, 0.2) is 0 Å². The molecular weight excluding hydrogens is 122 g/mol. The lowest BCUT2D eigenvalue weighted by atomic mass is 9.99. The van der Waals surface area contributed by atoms with Crippen molar-refractivity contribution in [1.82, 2.24) is 0 Å². The Kier molecular flexibility index (Phi) is 3.09. The second-order valence-corrected chi connectivity index (χ2v) is 2.42. The molecule has 1 atom stereocenters. The molecule has 0 amide bonds. The van der Waals surface area contributed by atoms with Crippen molar-refractivity contribution in [3.63, 3.8) is 0 Å². The van der Waals surface area contributed by atoms with E-state index in [2.05, 4.69) is 0 Å². The molecule has 0 aliphatic rings. The predicted molar refractivity (Wildman–Crippen MR) is 34.7 cm³/mol. The summed E-state index contributed by atoms with van der Waals surface area (Å²) in [5, 5.41) is 0. The minimum Gasteiger partial charge on any atom is -0.207 e. The number of halogens is 2. The first kappa shape index (κ1) is 8.86. The van der Waals surface area contributed by atoms with Gasteiger partial charge >= 0.3 is 0 Å². The molecule has 0 aromatic carbocycles. The van der Waals surface area contributed by atoms with Crippen molar-refractivity contribution in [3.8, 4) is 0 Å². The molecule has 0 aromatic rings. The van der Waals surface area contributed by atoms with Crippen molar-refractivity contribution in [1.29, 1.82) is 0 Å². The number of rotatable bonds is 3. The molecule has 0 spiro atoms. The lowest BCUT2D eigenvalue weighted by molar-refractivity contribution is -0.0556. The van der Waals surface area contributed by atoms with Crippen molar-refractivity contribution in [3.05, 3.63) is 0 Å². The van der Waals surface area contributed by atoms with E-state index in [1.807, 2.05) is 0 Å². The van der Waals surface area contributed by atoms with Gasteiger partial charge in [0.05, 0.1) is 0 Å². The highest BCUT2D eigenvalue weighted by Gasteiger charge is 2.32. The van der Waals surface area contributed by atoms with Crippen LogP contribution < -0.4 is 0 Å². The lowest BCUT2D eigenvalue weighted by Crippen LogP contribution is -2.23. The summed E-state index contributed by atoms with van der Waals surface area (Å²) in [5.74, 6) is -2.92. The van der Waals surface area contributed by atoms with Gasteiger partial charge in [-0.3, -0.25) is 0 Å². The van der Waals surface area contributed by atoms with E-state index in [1.54, 1.807) is 13.8 Å². The maximum Gasteiger partial charge on any atom is 0.250 e. The highest BCUT2D eigenvalue weighted by molar-refractivity contribution is 4.69. The van der Waals surface area contributed by atoms with Gasteiger partial charge < -0.3 is 0 Å². The third-order valence-electron chi connectivity index (χ3n) is 1.80. The Labute approximate surface area is 55.3 Å². The average Bonchev–Trinajstić information content (AvgIpc) is 1.86. The van der Waals surface area contributed by atoms with Crippen LogP contribution in [0.1, 0.15) is 33.6 Å². The van der Waals surface area contributed by atoms with Crippen LogP contribution in [0.5, 0.6) is 0 Å². The molecule has 0 fully saturated rings. The van der Waals surface area contributed by atoms with Crippen LogP contribution in [0.4, 0.5) is 8.78 Å². The third kappa shape index (κ3) is 2.29. The average molecular weight is 136 g/mol. The highest BCUT2D eigenvalue weighted by atomic mass is 19.3. The monoisotopic (exact) mass is 136 g/mol. The molecule has 0 heterocycles. The first-order valence-corrected chi connectivity index (χ1v) is 3.42. The van der Waals surface area contributed by atoms with Gasteiger partial charge in [-0.15, -0.1) is 0 Å². The highest BCUT2D eigenvalue weighted by Crippen LogP contribution is 2.29. The van der Waals surface area contributed by atoms with Gasteiger partial charge in [0.25, 0.3) is 0 Å². The number of hydrogen-bond donors (Lipinski definition) is 0. The van der Waals surface area contributed by atoms with Gasteiger partial charge in [0, 0.05) is 12.3 Å². The third-order valence-corrected chi connectivity index (χ3v) is 1.80. The van der Waals surface area contributed by atoms with E-state index in [1.165, 1.54) is 6.92 Å². The molecule has 0 N–H and O–H groups in total. The molecule has 0 radical (unpaired) electrons. The second-order valence-electron chi connectivity index (χ2n) is 2.42. The van der Waals surface area contributed by atoms with Gasteiger partial charge in [0.2, 0.25) is 5.92 Å². The van der Waals surface area contributed by atoms with E-state index in [-0.39, 0.29) is 6.42 Å². The smallest absolute Gasteiger partial charge is 0.207 e. The minimum absolute atomic E-state index is 0.0397. The normalized spacial score (nSPS) is 15.7. The molecule has 9 heavy (non-hydrogen) atoms. The van der Waals surface area contributed by atoms with Crippen molar-refractivity contribution < 1.29 is 8.78 Å². The zero-order valence-corrected chi connectivity index (χ0v) is 6.25. The quantitative estimate of drug-likeness (QED) is 0.559. The molecule has 0 nitrogen and oxygen atoms in total. The van der Waals surface area contributed by atoms with Crippen molar-refractivity contribution in [2.45, 2.75) is 39.5 Å². The van der Waals surface area contributed by atoms with Crippen LogP contribution in [-0.2, 0) is 0 Å². The summed E-state index contributed by atoms with van der Waals surface area (Å²) >= 11 is 0. The fraction of sp³-hybridized carbons (Fsp3) is 1.00. The zero-order valence-electron chi connectivity index (χ0n) is 6.25. The Hall–Kier alpha value is -0.140. The Morgan fingerprint density at radius 3 is 1.89 bits per heavy atom. The zero-order chi connectivity index (χ0) is 7.49. The summed E-state index contributed by atoms with van der Waals surface area (Å²) in [6.45, 7) is 4.89. The fourth-order valence-electron chi connectivity index (χ4n) is 0.647. The molecule has 56 valence electrons. The summed E-state index contributed by atoms with van der Waals surface area (Å²) < 4.78 is 25.1. The van der Waals surface area contributed by atoms with E-state index >= 15 is 0 Å². The molecule has 0 aromatic heterocycles. The van der Waals surface area contributed by atoms with Crippen molar-refractivity contribution in [2.24, 2.45) is 5.92 Å². The lowest BCUT2D eigenvalue weighted by Gasteiger charge is -2.20. The van der Waals surface area contributed by atoms with E-state index in [0.717, 1.165) is 0 Å². The van der Waals surface area contributed by atoms with Gasteiger partial charge in [0.15, 0.2) is 0 Å². The second kappa shape index (κ2) is 3.14. The standard InChI is InChI=1S/C7H14F2/c1-4-6(3)7(8,9)5-2/h6H,4-5H2,1-3H3. The van der Waals surface area contributed by atoms with E-state index in [0.29, 0.717) is 6.42 Å². The Bertz CT molecular complexity index is 79.0. The summed E-state index contributed by atoms with van der Waals surface area (Å²) in [4.78, 5) is 0. The Morgan fingerprint density at radius 2 is 1.78 bits per heavy atom. The van der Waals surface area contributed by atoms with E-state index in [9.17, 15) is 8.78 Å². The Morgan fingerprint density at radius 1 is 1.33 bits per heavy atom. The minimum atomic E-state index is -2.45. The van der Waals surface area contributed by atoms with Crippen LogP contribution in [0.2, 0.25) is 0 Å². The molecule has 0 rings (SSSR count). The predicted octanol–water partition coefficient (Wildman–Crippen LogP) is 3.08. The molecule has 0 aliphatic carbocycles. The first-order valence-electron chi connectivity index (χ1n) is 3.42. The van der Waals surface area contributed by atoms with Crippen LogP contribution in [-0.4, -0.2) is 5.92 Å². The first-order chi connectivity index (χ1) is 4.04. The largest absolute Gasteiger partial charge is 0.250 e. The van der Waals surface area contributed by atoms with Crippen LogP contribution in [0, 0.1) is 5.92 Å². The summed E-state index contributed by atoms with van der Waals surface area (Å²) in [5.41, 5.74) is 0. The maximum absolute atomic E-state index is 12.5. The van der Waals surface area contributed by atoms with Gasteiger partial charge in [-0.05, 0) is 6.42 Å². The van der Waals surface area contributed by atoms with Crippen LogP contribution in [0.25, 0.3) is 0 Å². The number of hydrogen-bond acceptors (Lipinski definition) is 0. The molecular formula is C7H14F2. The SMILES string of the molecule is CCC(C)C(F)(F)CC. The molecule has 0 saturated heterocycles. The van der Waals surface area contributed by atoms with Gasteiger partial charge in [-0.1, -0.05) is 20.8 Å². The van der Waals surface area contributed by atoms with Gasteiger partial charge in [-0.2, -0.15) is 0 Å². The summed E-state index contributed by atoms with van der Waals surface area (Å²) in [7, 11) is 0. The van der Waals surface area contributed by atoms with E-state index < -0.39 is 11.8 Å². The summed E-state index contributed by atoms with van der Waals surface area (Å²) in [6.07, 6.45) is 0.517. The fourth-order valence-corrected chi connectivity index (χ4v) is 0.647. The van der Waals surface area contributed by atoms with Crippen LogP contribution >= 0.6 is 0 Å². The molecule has 2 heteroatoms. The van der Waals surface area contributed by atoms with Crippen molar-refractivity contribution >= 4 is 0 Å². The Balaban J connectivity index is 3.80. The molecule has 1 unspecified atom stereocenters. The van der Waals surface area contributed by atoms with Gasteiger partial charge in [-0.25, -0.2) is 8.78 Å².